The maximum Gasteiger partial charge on any atom is 0.224 e. The largest absolute Gasteiger partial charge is 0.346 e. The molecule has 1 fully saturated rings. The van der Waals surface area contributed by atoms with E-state index < -0.39 is 29.3 Å². The van der Waals surface area contributed by atoms with Gasteiger partial charge >= 0.3 is 0 Å². The molecule has 7 heteroatoms. The molecule has 1 aliphatic rings. The Balaban J connectivity index is 1.53. The molecule has 1 saturated carbocycles. The zero-order valence-electron chi connectivity index (χ0n) is 32.7. The van der Waals surface area contributed by atoms with Crippen LogP contribution >= 0.6 is 0 Å². The molecule has 53 heavy (non-hydrogen) atoms. The topological polar surface area (TPSA) is 109 Å². The summed E-state index contributed by atoms with van der Waals surface area (Å²) in [5.74, 6) is -1.89. The fraction of sp³-hybridized carbons (Fsp3) is 0.500. The van der Waals surface area contributed by atoms with Gasteiger partial charge in [-0.1, -0.05) is 125 Å². The van der Waals surface area contributed by atoms with E-state index in [1.807, 2.05) is 126 Å². The molecule has 0 saturated heterocycles. The molecule has 2 unspecified atom stereocenters. The fourth-order valence-corrected chi connectivity index (χ4v) is 7.01. The van der Waals surface area contributed by atoms with E-state index in [-0.39, 0.29) is 60.3 Å². The molecule has 0 radical (unpaired) electrons. The minimum absolute atomic E-state index is 0.0287. The molecule has 3 aromatic rings. The molecule has 2 N–H and O–H groups in total. The number of hydrogen-bond acceptors (Lipinski definition) is 5. The Hall–Kier alpha value is -4.39. The van der Waals surface area contributed by atoms with Crippen LogP contribution in [-0.2, 0) is 43.2 Å². The lowest BCUT2D eigenvalue weighted by molar-refractivity contribution is -0.135. The number of benzene rings is 3. The van der Waals surface area contributed by atoms with Gasteiger partial charge in [0.2, 0.25) is 11.8 Å². The number of hydrogen-bond donors (Lipinski definition) is 2. The third-order valence-corrected chi connectivity index (χ3v) is 10.5. The van der Waals surface area contributed by atoms with Gasteiger partial charge in [-0.3, -0.25) is 24.0 Å². The Kier molecular flexibility index (Phi) is 15.3. The molecule has 0 aromatic heterocycles. The monoisotopic (exact) mass is 720 g/mol. The number of carbonyl (C=O) groups is 5. The van der Waals surface area contributed by atoms with E-state index in [4.69, 9.17) is 0 Å². The van der Waals surface area contributed by atoms with Crippen molar-refractivity contribution in [2.75, 3.05) is 0 Å². The van der Waals surface area contributed by atoms with Gasteiger partial charge in [0.15, 0.2) is 11.6 Å². The second-order valence-electron chi connectivity index (χ2n) is 16.5. The summed E-state index contributed by atoms with van der Waals surface area (Å²) in [7, 11) is 0. The van der Waals surface area contributed by atoms with Gasteiger partial charge in [-0.2, -0.15) is 0 Å². The highest BCUT2D eigenvalue weighted by Gasteiger charge is 2.48. The van der Waals surface area contributed by atoms with Crippen molar-refractivity contribution in [2.45, 2.75) is 118 Å². The van der Waals surface area contributed by atoms with Crippen LogP contribution in [0, 0.1) is 36.0 Å². The van der Waals surface area contributed by atoms with Crippen LogP contribution in [0.4, 0.5) is 0 Å². The number of nitrogens with one attached hydrogen (secondary N) is 2. The van der Waals surface area contributed by atoms with Crippen molar-refractivity contribution in [1.29, 1.82) is 0 Å². The van der Waals surface area contributed by atoms with E-state index in [9.17, 15) is 24.0 Å². The summed E-state index contributed by atoms with van der Waals surface area (Å²) in [5.41, 5.74) is 3.61. The van der Waals surface area contributed by atoms with Crippen molar-refractivity contribution < 1.29 is 24.0 Å². The van der Waals surface area contributed by atoms with Crippen molar-refractivity contribution >= 4 is 29.2 Å². The summed E-state index contributed by atoms with van der Waals surface area (Å²) in [6.45, 7) is 12.0. The predicted molar refractivity (Wildman–Crippen MR) is 211 cm³/mol. The maximum atomic E-state index is 14.3. The summed E-state index contributed by atoms with van der Waals surface area (Å²) >= 11 is 0. The Morgan fingerprint density at radius 2 is 1.17 bits per heavy atom. The molecular weight excluding hydrogens is 661 g/mol. The van der Waals surface area contributed by atoms with Gasteiger partial charge in [-0.15, -0.1) is 0 Å². The molecule has 2 amide bonds. The third kappa shape index (κ3) is 13.5. The second kappa shape index (κ2) is 19.6. The van der Waals surface area contributed by atoms with Crippen molar-refractivity contribution in [3.05, 3.63) is 107 Å². The maximum absolute atomic E-state index is 14.3. The fourth-order valence-electron chi connectivity index (χ4n) is 7.01. The number of amides is 2. The number of ketones is 3. The van der Waals surface area contributed by atoms with E-state index in [2.05, 4.69) is 10.6 Å². The second-order valence-corrected chi connectivity index (χ2v) is 16.5. The molecule has 3 aromatic carbocycles. The lowest BCUT2D eigenvalue weighted by atomic mass is 9.87. The molecule has 284 valence electrons. The average Bonchev–Trinajstić information content (AvgIpc) is 3.88. The van der Waals surface area contributed by atoms with Gasteiger partial charge in [-0.25, -0.2) is 0 Å². The first kappa shape index (κ1) is 41.4. The van der Waals surface area contributed by atoms with E-state index in [1.54, 1.807) is 0 Å². The molecule has 0 bridgehead atoms. The van der Waals surface area contributed by atoms with Crippen LogP contribution in [0.2, 0.25) is 0 Å². The summed E-state index contributed by atoms with van der Waals surface area (Å²) in [6, 6.07) is 25.9. The van der Waals surface area contributed by atoms with E-state index in [0.717, 1.165) is 35.1 Å². The first-order valence-electron chi connectivity index (χ1n) is 19.5. The highest BCUT2D eigenvalue weighted by molar-refractivity contribution is 5.97. The zero-order chi connectivity index (χ0) is 38.5. The summed E-state index contributed by atoms with van der Waals surface area (Å²) in [4.78, 5) is 69.3. The molecule has 7 nitrogen and oxygen atoms in total. The molecule has 1 aliphatic carbocycles. The van der Waals surface area contributed by atoms with Crippen LogP contribution < -0.4 is 10.6 Å². The smallest absolute Gasteiger partial charge is 0.224 e. The highest BCUT2D eigenvalue weighted by Crippen LogP contribution is 2.47. The van der Waals surface area contributed by atoms with Crippen LogP contribution in [0.15, 0.2) is 84.9 Å². The molecule has 0 aliphatic heterocycles. The predicted octanol–water partition coefficient (Wildman–Crippen LogP) is 7.99. The van der Waals surface area contributed by atoms with E-state index >= 15 is 0 Å². The minimum Gasteiger partial charge on any atom is -0.346 e. The molecule has 0 heterocycles. The number of Topliss-reactive ketones (excluding diaryl/α,β-unsaturated/α-hetero) is 3. The Bertz CT molecular complexity index is 1660. The minimum atomic E-state index is -0.821. The Labute approximate surface area is 317 Å². The van der Waals surface area contributed by atoms with Crippen molar-refractivity contribution in [3.8, 4) is 0 Å². The van der Waals surface area contributed by atoms with Crippen LogP contribution in [0.1, 0.15) is 102 Å². The van der Waals surface area contributed by atoms with Crippen LogP contribution in [0.25, 0.3) is 0 Å². The molecular formula is C46H60N2O5. The van der Waals surface area contributed by atoms with Gasteiger partial charge in [0.25, 0.3) is 0 Å². The first-order chi connectivity index (χ1) is 25.2. The SMILES string of the molecule is Cc1ccc(CC(=O)C[C@@H](CCc2ccccc2)C(=O)NC(CC(C)C)C(=O)C[C@@H](Cc2ccccc2)C(=O)NC(CC(C)C)C(=O)C2(C)CC2)cc1. The molecule has 4 rings (SSSR count). The van der Waals surface area contributed by atoms with Crippen molar-refractivity contribution in [1.82, 2.24) is 10.6 Å². The number of rotatable bonds is 22. The van der Waals surface area contributed by atoms with E-state index in [1.165, 1.54) is 0 Å². The standard InChI is InChI=1S/C46H60N2O5/c1-31(2)25-40(47-44(52)37(22-21-34-13-9-7-10-14-34)29-39(49)28-36-19-17-33(5)18-20-36)42(50)30-38(27-35-15-11-8-12-16-35)45(53)48-41(26-32(3)4)43(51)46(6)23-24-46/h7-20,31-32,37-38,40-41H,21-30H2,1-6H3,(H,47,52)(H,48,53)/t37-,38-,40?,41?/m1/s1. The van der Waals surface area contributed by atoms with Crippen molar-refractivity contribution in [3.63, 3.8) is 0 Å². The summed E-state index contributed by atoms with van der Waals surface area (Å²) < 4.78 is 0. The third-order valence-electron chi connectivity index (χ3n) is 10.5. The molecule has 4 atom stereocenters. The van der Waals surface area contributed by atoms with Crippen LogP contribution in [0.5, 0.6) is 0 Å². The van der Waals surface area contributed by atoms with E-state index in [0.29, 0.717) is 32.1 Å². The highest BCUT2D eigenvalue weighted by atomic mass is 16.2. The van der Waals surface area contributed by atoms with Crippen LogP contribution in [0.3, 0.4) is 0 Å². The molecule has 0 spiro atoms. The lowest BCUT2D eigenvalue weighted by Crippen LogP contribution is -2.49. The van der Waals surface area contributed by atoms with Gasteiger partial charge in [0.1, 0.15) is 5.78 Å². The quantitative estimate of drug-likeness (QED) is 0.109. The van der Waals surface area contributed by atoms with Gasteiger partial charge in [-0.05, 0) is 80.4 Å². The van der Waals surface area contributed by atoms with Gasteiger partial charge < -0.3 is 10.6 Å². The Morgan fingerprint density at radius 3 is 1.74 bits per heavy atom. The summed E-state index contributed by atoms with van der Waals surface area (Å²) in [6.07, 6.45) is 4.21. The number of carbonyl (C=O) groups excluding carboxylic acids is 5. The van der Waals surface area contributed by atoms with Crippen molar-refractivity contribution in [2.24, 2.45) is 29.1 Å². The lowest BCUT2D eigenvalue weighted by Gasteiger charge is -2.27. The van der Waals surface area contributed by atoms with Crippen LogP contribution in [-0.4, -0.2) is 41.2 Å². The normalized spacial score (nSPS) is 15.6. The average molecular weight is 721 g/mol. The first-order valence-corrected chi connectivity index (χ1v) is 19.5. The summed E-state index contributed by atoms with van der Waals surface area (Å²) in [5, 5.41) is 6.13. The Morgan fingerprint density at radius 1 is 0.642 bits per heavy atom. The number of aryl methyl sites for hydroxylation is 2. The van der Waals surface area contributed by atoms with Gasteiger partial charge in [0.05, 0.1) is 12.1 Å². The van der Waals surface area contributed by atoms with Gasteiger partial charge in [0, 0.05) is 36.5 Å². The zero-order valence-corrected chi connectivity index (χ0v) is 32.7.